The van der Waals surface area contributed by atoms with Gasteiger partial charge in [0.1, 0.15) is 17.5 Å². The largest absolute Gasteiger partial charge is 0.466 e. The molecule has 46 heavy (non-hydrogen) atoms. The number of allylic oxidation sites excluding steroid dienone is 2. The van der Waals surface area contributed by atoms with Crippen LogP contribution in [0.3, 0.4) is 0 Å². The molecule has 10 heteroatoms. The topological polar surface area (TPSA) is 141 Å². The number of nitrogens with zero attached hydrogens (tertiary/aromatic N) is 3. The van der Waals surface area contributed by atoms with Gasteiger partial charge in [-0.2, -0.15) is 0 Å². The van der Waals surface area contributed by atoms with Crippen molar-refractivity contribution in [2.24, 2.45) is 7.05 Å². The number of rotatable bonds is 17. The van der Waals surface area contributed by atoms with Crippen molar-refractivity contribution in [3.8, 4) is 0 Å². The minimum atomic E-state index is -0.436. The van der Waals surface area contributed by atoms with Crippen molar-refractivity contribution in [2.45, 2.75) is 71.6 Å². The van der Waals surface area contributed by atoms with Gasteiger partial charge in [0.25, 0.3) is 5.91 Å². The molecule has 0 aliphatic carbocycles. The van der Waals surface area contributed by atoms with Crippen molar-refractivity contribution in [1.29, 1.82) is 10.8 Å². The Morgan fingerprint density at radius 2 is 1.70 bits per heavy atom. The average molecular weight is 627 g/mol. The summed E-state index contributed by atoms with van der Waals surface area (Å²) in [5.74, 6) is -0.0675. The van der Waals surface area contributed by atoms with Crippen LogP contribution in [0.4, 0.5) is 0 Å². The van der Waals surface area contributed by atoms with Crippen LogP contribution in [0, 0.1) is 10.8 Å². The molecular formula is C36H46N6O4. The SMILES string of the molecule is C=C/C=C\C(=N)N(CCC(=O)OCC)C(=O)c1ccc2c(c1)nc(CCc1ccc(C(=N)NC(=O)CCCCCCC)cc1)n2C. The lowest BCUT2D eigenvalue weighted by atomic mass is 10.1. The van der Waals surface area contributed by atoms with E-state index in [0.29, 0.717) is 29.5 Å². The number of esters is 1. The smallest absolute Gasteiger partial charge is 0.307 e. The number of aryl methyl sites for hydroxylation is 3. The second kappa shape index (κ2) is 18.2. The lowest BCUT2D eigenvalue weighted by Gasteiger charge is -2.21. The first kappa shape index (κ1) is 35.6. The maximum Gasteiger partial charge on any atom is 0.307 e. The van der Waals surface area contributed by atoms with Gasteiger partial charge >= 0.3 is 5.97 Å². The molecule has 0 aliphatic heterocycles. The summed E-state index contributed by atoms with van der Waals surface area (Å²) >= 11 is 0. The zero-order chi connectivity index (χ0) is 33.5. The lowest BCUT2D eigenvalue weighted by molar-refractivity contribution is -0.143. The van der Waals surface area contributed by atoms with Crippen molar-refractivity contribution in [3.05, 3.63) is 89.8 Å². The first-order valence-corrected chi connectivity index (χ1v) is 16.0. The number of benzene rings is 2. The van der Waals surface area contributed by atoms with Crippen molar-refractivity contribution in [1.82, 2.24) is 19.8 Å². The van der Waals surface area contributed by atoms with E-state index in [1.54, 1.807) is 25.1 Å². The van der Waals surface area contributed by atoms with E-state index >= 15 is 0 Å². The first-order chi connectivity index (χ1) is 22.2. The summed E-state index contributed by atoms with van der Waals surface area (Å²) in [7, 11) is 1.94. The number of amides is 2. The molecule has 2 amide bonds. The molecule has 0 spiro atoms. The van der Waals surface area contributed by atoms with Gasteiger partial charge in [-0.3, -0.25) is 30.1 Å². The Labute approximate surface area is 271 Å². The lowest BCUT2D eigenvalue weighted by Crippen LogP contribution is -2.37. The number of aromatic nitrogens is 2. The molecule has 0 bridgehead atoms. The van der Waals surface area contributed by atoms with Crippen LogP contribution in [0.25, 0.3) is 11.0 Å². The molecule has 0 saturated carbocycles. The molecule has 244 valence electrons. The number of unbranched alkanes of at least 4 members (excludes halogenated alkanes) is 4. The third-order valence-electron chi connectivity index (χ3n) is 7.64. The highest BCUT2D eigenvalue weighted by Gasteiger charge is 2.21. The Bertz CT molecular complexity index is 1570. The summed E-state index contributed by atoms with van der Waals surface area (Å²) in [4.78, 5) is 43.7. The van der Waals surface area contributed by atoms with Gasteiger partial charge in [-0.25, -0.2) is 4.98 Å². The normalized spacial score (nSPS) is 11.0. The van der Waals surface area contributed by atoms with Gasteiger partial charge in [-0.15, -0.1) is 0 Å². The van der Waals surface area contributed by atoms with Crippen LogP contribution in [-0.4, -0.2) is 57.1 Å². The number of nitrogens with one attached hydrogen (secondary N) is 3. The van der Waals surface area contributed by atoms with Crippen LogP contribution in [0.2, 0.25) is 0 Å². The summed E-state index contributed by atoms with van der Waals surface area (Å²) in [6.45, 7) is 7.74. The summed E-state index contributed by atoms with van der Waals surface area (Å²) in [5.41, 5.74) is 3.62. The Morgan fingerprint density at radius 1 is 0.978 bits per heavy atom. The summed E-state index contributed by atoms with van der Waals surface area (Å²) < 4.78 is 7.00. The van der Waals surface area contributed by atoms with Gasteiger partial charge in [-0.1, -0.05) is 75.6 Å². The monoisotopic (exact) mass is 626 g/mol. The van der Waals surface area contributed by atoms with Crippen molar-refractivity contribution in [3.63, 3.8) is 0 Å². The van der Waals surface area contributed by atoms with Gasteiger partial charge in [0, 0.05) is 37.6 Å². The zero-order valence-corrected chi connectivity index (χ0v) is 27.2. The second-order valence-corrected chi connectivity index (χ2v) is 11.1. The van der Waals surface area contributed by atoms with Gasteiger partial charge in [0.05, 0.1) is 24.1 Å². The fraction of sp³-hybridized carbons (Fsp3) is 0.389. The number of amidine groups is 2. The highest BCUT2D eigenvalue weighted by molar-refractivity contribution is 6.10. The zero-order valence-electron chi connectivity index (χ0n) is 27.2. The van der Waals surface area contributed by atoms with Gasteiger partial charge in [0.2, 0.25) is 5.91 Å². The summed E-state index contributed by atoms with van der Waals surface area (Å²) in [6, 6.07) is 12.9. The first-order valence-electron chi connectivity index (χ1n) is 16.0. The predicted octanol–water partition coefficient (Wildman–Crippen LogP) is 6.28. The highest BCUT2D eigenvalue weighted by Crippen LogP contribution is 2.20. The average Bonchev–Trinajstić information content (AvgIpc) is 3.37. The van der Waals surface area contributed by atoms with Crippen LogP contribution in [0.1, 0.15) is 86.1 Å². The van der Waals surface area contributed by atoms with E-state index in [1.807, 2.05) is 41.9 Å². The standard InChI is InChI=1S/C36H46N6O4/c1-5-8-10-11-12-14-33(43)40-35(38)27-18-15-26(16-19-27)17-22-32-39-29-25-28(20-21-30(29)41(32)4)36(45)42(31(37)13-9-6-2)24-23-34(44)46-7-3/h6,9,13,15-16,18-21,25,37H,2,5,7-8,10-12,14,17,22-24H2,1,3-4H3,(H2,38,40,43)/b13-9-,37-31?. The predicted molar refractivity (Wildman–Crippen MR) is 182 cm³/mol. The quantitative estimate of drug-likeness (QED) is 0.0532. The van der Waals surface area contributed by atoms with E-state index < -0.39 is 11.9 Å². The van der Waals surface area contributed by atoms with Gasteiger partial charge in [0.15, 0.2) is 0 Å². The van der Waals surface area contributed by atoms with E-state index in [4.69, 9.17) is 20.5 Å². The number of fused-ring (bicyclic) bond motifs is 1. The molecule has 0 fully saturated rings. The van der Waals surface area contributed by atoms with Crippen molar-refractivity contribution in [2.75, 3.05) is 13.2 Å². The molecule has 3 aromatic rings. The van der Waals surface area contributed by atoms with Crippen LogP contribution in [0.15, 0.2) is 67.3 Å². The number of carbonyl (C=O) groups is 3. The molecule has 3 rings (SSSR count). The third-order valence-corrected chi connectivity index (χ3v) is 7.64. The van der Waals surface area contributed by atoms with E-state index in [2.05, 4.69) is 18.8 Å². The third kappa shape index (κ3) is 10.4. The van der Waals surface area contributed by atoms with Crippen LogP contribution < -0.4 is 5.32 Å². The minimum absolute atomic E-state index is 0.00719. The fourth-order valence-corrected chi connectivity index (χ4v) is 5.04. The molecule has 1 aromatic heterocycles. The van der Waals surface area contributed by atoms with E-state index in [9.17, 15) is 14.4 Å². The molecule has 3 N–H and O–H groups in total. The summed E-state index contributed by atoms with van der Waals surface area (Å²) in [6.07, 6.45) is 11.7. The molecule has 0 saturated heterocycles. The molecule has 10 nitrogen and oxygen atoms in total. The summed E-state index contributed by atoms with van der Waals surface area (Å²) in [5, 5.41) is 19.4. The molecule has 0 aliphatic rings. The van der Waals surface area contributed by atoms with Crippen molar-refractivity contribution >= 4 is 40.5 Å². The number of imidazole rings is 1. The Hall–Kier alpha value is -4.86. The van der Waals surface area contributed by atoms with E-state index in [-0.39, 0.29) is 37.2 Å². The number of hydrogen-bond acceptors (Lipinski definition) is 7. The number of ether oxygens (including phenoxy) is 1. The maximum atomic E-state index is 13.5. The Balaban J connectivity index is 1.64. The van der Waals surface area contributed by atoms with Gasteiger partial charge in [-0.05, 0) is 49.6 Å². The molecule has 0 radical (unpaired) electrons. The second-order valence-electron chi connectivity index (χ2n) is 11.1. The Kier molecular flexibility index (Phi) is 14.1. The Morgan fingerprint density at radius 3 is 2.39 bits per heavy atom. The molecule has 2 aromatic carbocycles. The van der Waals surface area contributed by atoms with E-state index in [0.717, 1.165) is 49.0 Å². The van der Waals surface area contributed by atoms with Crippen molar-refractivity contribution < 1.29 is 19.1 Å². The molecule has 1 heterocycles. The highest BCUT2D eigenvalue weighted by atomic mass is 16.5. The van der Waals surface area contributed by atoms with Crippen LogP contribution in [-0.2, 0) is 34.2 Å². The molecular weight excluding hydrogens is 580 g/mol. The molecule has 0 unspecified atom stereocenters. The molecule has 0 atom stereocenters. The number of carbonyl (C=O) groups excluding carboxylic acids is 3. The number of hydrogen-bond donors (Lipinski definition) is 3. The van der Waals surface area contributed by atoms with Crippen LogP contribution in [0.5, 0.6) is 0 Å². The van der Waals surface area contributed by atoms with Gasteiger partial charge < -0.3 is 14.6 Å². The van der Waals surface area contributed by atoms with Crippen LogP contribution >= 0.6 is 0 Å². The van der Waals surface area contributed by atoms with E-state index in [1.165, 1.54) is 23.5 Å². The maximum absolute atomic E-state index is 13.5. The minimum Gasteiger partial charge on any atom is -0.466 e. The fourth-order valence-electron chi connectivity index (χ4n) is 5.04.